The molecule has 3 rings (SSSR count). The standard InChI is InChI=1S/C19H18N4O4/c1-2-27-18-9-8-14(12-17(18)23(25)26)19(24)21-16-7-4-3-6-15(16)13-22-11-5-10-20-22/h3-12H,2,13H2,1H3,(H,21,24). The molecular formula is C19H18N4O4. The summed E-state index contributed by atoms with van der Waals surface area (Å²) >= 11 is 0. The number of ether oxygens (including phenoxy) is 1. The van der Waals surface area contributed by atoms with E-state index in [2.05, 4.69) is 10.4 Å². The van der Waals surface area contributed by atoms with Crippen molar-refractivity contribution in [2.75, 3.05) is 11.9 Å². The fourth-order valence-electron chi connectivity index (χ4n) is 2.62. The molecule has 0 aliphatic rings. The van der Waals surface area contributed by atoms with E-state index in [0.717, 1.165) is 5.56 Å². The van der Waals surface area contributed by atoms with E-state index < -0.39 is 10.8 Å². The maximum Gasteiger partial charge on any atom is 0.311 e. The summed E-state index contributed by atoms with van der Waals surface area (Å²) in [6, 6.07) is 13.3. The van der Waals surface area contributed by atoms with Gasteiger partial charge in [-0.3, -0.25) is 19.6 Å². The maximum absolute atomic E-state index is 12.6. The van der Waals surface area contributed by atoms with Gasteiger partial charge in [-0.25, -0.2) is 0 Å². The van der Waals surface area contributed by atoms with Crippen LogP contribution in [0.25, 0.3) is 0 Å². The lowest BCUT2D eigenvalue weighted by molar-refractivity contribution is -0.385. The van der Waals surface area contributed by atoms with Crippen LogP contribution >= 0.6 is 0 Å². The molecule has 8 heteroatoms. The van der Waals surface area contributed by atoms with Gasteiger partial charge < -0.3 is 10.1 Å². The van der Waals surface area contributed by atoms with Gasteiger partial charge in [0.1, 0.15) is 0 Å². The third-order valence-corrected chi connectivity index (χ3v) is 3.87. The lowest BCUT2D eigenvalue weighted by Gasteiger charge is -2.12. The molecule has 0 unspecified atom stereocenters. The van der Waals surface area contributed by atoms with Gasteiger partial charge in [-0.1, -0.05) is 18.2 Å². The lowest BCUT2D eigenvalue weighted by atomic mass is 10.1. The smallest absolute Gasteiger partial charge is 0.311 e. The Labute approximate surface area is 155 Å². The molecule has 0 aliphatic heterocycles. The summed E-state index contributed by atoms with van der Waals surface area (Å²) < 4.78 is 6.99. The number of para-hydroxylation sites is 1. The number of aromatic nitrogens is 2. The largest absolute Gasteiger partial charge is 0.487 e. The normalized spacial score (nSPS) is 10.4. The Morgan fingerprint density at radius 3 is 2.78 bits per heavy atom. The van der Waals surface area contributed by atoms with Gasteiger partial charge in [0.2, 0.25) is 0 Å². The zero-order valence-corrected chi connectivity index (χ0v) is 14.7. The molecule has 1 aromatic heterocycles. The van der Waals surface area contributed by atoms with Crippen LogP contribution in [0.2, 0.25) is 0 Å². The average molecular weight is 366 g/mol. The Bertz CT molecular complexity index is 954. The molecule has 138 valence electrons. The molecule has 1 amide bonds. The summed E-state index contributed by atoms with van der Waals surface area (Å²) in [6.45, 7) is 2.53. The Hall–Kier alpha value is -3.68. The number of nitrogens with zero attached hydrogens (tertiary/aromatic N) is 3. The van der Waals surface area contributed by atoms with Crippen molar-refractivity contribution in [3.05, 3.63) is 82.2 Å². The van der Waals surface area contributed by atoms with Crippen molar-refractivity contribution >= 4 is 17.3 Å². The first-order valence-corrected chi connectivity index (χ1v) is 8.36. The van der Waals surface area contributed by atoms with Gasteiger partial charge in [0.25, 0.3) is 5.91 Å². The highest BCUT2D eigenvalue weighted by molar-refractivity contribution is 6.05. The predicted octanol–water partition coefficient (Wildman–Crippen LogP) is 3.49. The molecule has 1 heterocycles. The van der Waals surface area contributed by atoms with Crippen LogP contribution in [-0.4, -0.2) is 27.2 Å². The number of carbonyl (C=O) groups excluding carboxylic acids is 1. The van der Waals surface area contributed by atoms with Crippen LogP contribution in [0.5, 0.6) is 5.75 Å². The maximum atomic E-state index is 12.6. The van der Waals surface area contributed by atoms with Gasteiger partial charge in [0.05, 0.1) is 18.1 Å². The summed E-state index contributed by atoms with van der Waals surface area (Å²) in [6.07, 6.45) is 3.51. The number of anilines is 1. The van der Waals surface area contributed by atoms with E-state index in [1.165, 1.54) is 18.2 Å². The molecule has 0 aliphatic carbocycles. The molecule has 0 saturated heterocycles. The minimum absolute atomic E-state index is 0.137. The number of nitrogens with one attached hydrogen (secondary N) is 1. The van der Waals surface area contributed by atoms with Crippen molar-refractivity contribution in [3.8, 4) is 5.75 Å². The Morgan fingerprint density at radius 1 is 1.26 bits per heavy atom. The minimum Gasteiger partial charge on any atom is -0.487 e. The van der Waals surface area contributed by atoms with Crippen LogP contribution in [0.4, 0.5) is 11.4 Å². The molecule has 0 bridgehead atoms. The van der Waals surface area contributed by atoms with E-state index in [4.69, 9.17) is 4.74 Å². The molecule has 3 aromatic rings. The van der Waals surface area contributed by atoms with Crippen molar-refractivity contribution in [2.45, 2.75) is 13.5 Å². The second-order valence-corrected chi connectivity index (χ2v) is 5.69. The molecule has 0 fully saturated rings. The predicted molar refractivity (Wildman–Crippen MR) is 100.0 cm³/mol. The molecule has 0 atom stereocenters. The quantitative estimate of drug-likeness (QED) is 0.510. The average Bonchev–Trinajstić information content (AvgIpc) is 3.17. The third kappa shape index (κ3) is 4.30. The number of hydrogen-bond donors (Lipinski definition) is 1. The van der Waals surface area contributed by atoms with Gasteiger partial charge in [0, 0.05) is 29.7 Å². The summed E-state index contributed by atoms with van der Waals surface area (Å²) in [4.78, 5) is 23.3. The van der Waals surface area contributed by atoms with Crippen LogP contribution in [0.1, 0.15) is 22.8 Å². The monoisotopic (exact) mass is 366 g/mol. The Kier molecular flexibility index (Phi) is 5.46. The van der Waals surface area contributed by atoms with Gasteiger partial charge in [-0.15, -0.1) is 0 Å². The molecule has 0 spiro atoms. The molecule has 27 heavy (non-hydrogen) atoms. The van der Waals surface area contributed by atoms with E-state index >= 15 is 0 Å². The number of hydrogen-bond acceptors (Lipinski definition) is 5. The molecule has 0 radical (unpaired) electrons. The molecule has 8 nitrogen and oxygen atoms in total. The number of benzene rings is 2. The van der Waals surface area contributed by atoms with Crippen LogP contribution in [0, 0.1) is 10.1 Å². The molecule has 1 N–H and O–H groups in total. The highest BCUT2D eigenvalue weighted by atomic mass is 16.6. The highest BCUT2D eigenvalue weighted by Gasteiger charge is 2.19. The molecule has 2 aromatic carbocycles. The number of amides is 1. The second-order valence-electron chi connectivity index (χ2n) is 5.69. The van der Waals surface area contributed by atoms with E-state index in [1.807, 2.05) is 30.5 Å². The highest BCUT2D eigenvalue weighted by Crippen LogP contribution is 2.28. The van der Waals surface area contributed by atoms with Gasteiger partial charge in [-0.05, 0) is 36.8 Å². The van der Waals surface area contributed by atoms with Crippen LogP contribution in [0.3, 0.4) is 0 Å². The van der Waals surface area contributed by atoms with Gasteiger partial charge >= 0.3 is 5.69 Å². The summed E-state index contributed by atoms with van der Waals surface area (Å²) in [5, 5.41) is 18.2. The molecule has 0 saturated carbocycles. The Balaban J connectivity index is 1.84. The SMILES string of the molecule is CCOc1ccc(C(=O)Nc2ccccc2Cn2cccn2)cc1[N+](=O)[O-]. The number of carbonyl (C=O) groups is 1. The first kappa shape index (κ1) is 18.1. The van der Waals surface area contributed by atoms with Crippen molar-refractivity contribution in [2.24, 2.45) is 0 Å². The summed E-state index contributed by atoms with van der Waals surface area (Å²) in [5.41, 5.74) is 1.43. The minimum atomic E-state index is -0.562. The van der Waals surface area contributed by atoms with Crippen molar-refractivity contribution in [1.29, 1.82) is 0 Å². The van der Waals surface area contributed by atoms with E-state index in [0.29, 0.717) is 18.8 Å². The number of rotatable bonds is 7. The van der Waals surface area contributed by atoms with Crippen molar-refractivity contribution in [3.63, 3.8) is 0 Å². The number of nitro benzene ring substituents is 1. The fraction of sp³-hybridized carbons (Fsp3) is 0.158. The molecular weight excluding hydrogens is 348 g/mol. The lowest BCUT2D eigenvalue weighted by Crippen LogP contribution is -2.14. The van der Waals surface area contributed by atoms with E-state index in [9.17, 15) is 14.9 Å². The van der Waals surface area contributed by atoms with Crippen molar-refractivity contribution in [1.82, 2.24) is 9.78 Å². The van der Waals surface area contributed by atoms with E-state index in [-0.39, 0.29) is 17.0 Å². The first-order valence-electron chi connectivity index (χ1n) is 8.36. The zero-order chi connectivity index (χ0) is 19.2. The van der Waals surface area contributed by atoms with Crippen LogP contribution in [-0.2, 0) is 6.54 Å². The van der Waals surface area contributed by atoms with Gasteiger partial charge in [-0.2, -0.15) is 5.10 Å². The summed E-state index contributed by atoms with van der Waals surface area (Å²) in [5.74, 6) is -0.299. The Morgan fingerprint density at radius 2 is 2.07 bits per heavy atom. The van der Waals surface area contributed by atoms with Gasteiger partial charge in [0.15, 0.2) is 5.75 Å². The third-order valence-electron chi connectivity index (χ3n) is 3.87. The van der Waals surface area contributed by atoms with Crippen LogP contribution in [0.15, 0.2) is 60.9 Å². The second kappa shape index (κ2) is 8.13. The van der Waals surface area contributed by atoms with Crippen LogP contribution < -0.4 is 10.1 Å². The first-order chi connectivity index (χ1) is 13.1. The van der Waals surface area contributed by atoms with Crippen molar-refractivity contribution < 1.29 is 14.5 Å². The fourth-order valence-corrected chi connectivity index (χ4v) is 2.62. The topological polar surface area (TPSA) is 99.3 Å². The number of nitro groups is 1. The zero-order valence-electron chi connectivity index (χ0n) is 14.7. The van der Waals surface area contributed by atoms with E-state index in [1.54, 1.807) is 23.9 Å². The summed E-state index contributed by atoms with van der Waals surface area (Å²) in [7, 11) is 0.